The summed E-state index contributed by atoms with van der Waals surface area (Å²) in [5, 5.41) is 32.9. The zero-order chi connectivity index (χ0) is 27.8. The molecule has 200 valence electrons. The number of hydrogen-bond donors (Lipinski definition) is 4. The molecule has 0 fully saturated rings. The summed E-state index contributed by atoms with van der Waals surface area (Å²) in [6.07, 6.45) is 1.77. The van der Waals surface area contributed by atoms with Crippen molar-refractivity contribution in [1.82, 2.24) is 23.8 Å². The van der Waals surface area contributed by atoms with Crippen molar-refractivity contribution in [1.29, 1.82) is 0 Å². The molecule has 1 amide bonds. The van der Waals surface area contributed by atoms with E-state index < -0.39 is 17.4 Å². The summed E-state index contributed by atoms with van der Waals surface area (Å²) in [6, 6.07) is 14.6. The SMILES string of the molecule is Cn1c(=O)n(C)c2cc(C(CC(=O)NCCc3ccc(O)c(O)c3)c3c(O)nc4ccccn4c3=O)ccc21. The lowest BCUT2D eigenvalue weighted by molar-refractivity contribution is -0.121. The smallest absolute Gasteiger partial charge is 0.328 e. The Labute approximate surface area is 221 Å². The van der Waals surface area contributed by atoms with Crippen LogP contribution in [0.3, 0.4) is 0 Å². The summed E-state index contributed by atoms with van der Waals surface area (Å²) in [4.78, 5) is 43.3. The maximum atomic E-state index is 13.5. The maximum Gasteiger partial charge on any atom is 0.328 e. The molecule has 1 atom stereocenters. The fourth-order valence-corrected chi connectivity index (χ4v) is 4.85. The molecule has 0 aliphatic rings. The van der Waals surface area contributed by atoms with E-state index in [0.717, 1.165) is 0 Å². The van der Waals surface area contributed by atoms with Gasteiger partial charge in [0.1, 0.15) is 5.65 Å². The number of nitrogens with zero attached hydrogens (tertiary/aromatic N) is 4. The predicted octanol–water partition coefficient (Wildman–Crippen LogP) is 1.88. The van der Waals surface area contributed by atoms with E-state index in [1.165, 1.54) is 25.7 Å². The van der Waals surface area contributed by atoms with E-state index in [4.69, 9.17) is 0 Å². The zero-order valence-electron chi connectivity index (χ0n) is 21.3. The van der Waals surface area contributed by atoms with Crippen LogP contribution in [0.1, 0.15) is 29.0 Å². The third-order valence-electron chi connectivity index (χ3n) is 6.96. The Balaban J connectivity index is 1.51. The Bertz CT molecular complexity index is 1850. The minimum atomic E-state index is -0.862. The molecular formula is C28H27N5O6. The number of rotatable bonds is 7. The Morgan fingerprint density at radius 1 is 0.949 bits per heavy atom. The summed E-state index contributed by atoms with van der Waals surface area (Å²) in [7, 11) is 3.30. The van der Waals surface area contributed by atoms with E-state index in [0.29, 0.717) is 28.6 Å². The fraction of sp³-hybridized carbons (Fsp3) is 0.214. The summed E-state index contributed by atoms with van der Waals surface area (Å²) < 4.78 is 4.30. The molecule has 11 heteroatoms. The monoisotopic (exact) mass is 529 g/mol. The van der Waals surface area contributed by atoms with Crippen LogP contribution in [0.25, 0.3) is 16.7 Å². The first-order chi connectivity index (χ1) is 18.7. The number of benzene rings is 2. The molecule has 2 aromatic carbocycles. The number of fused-ring (bicyclic) bond motifs is 2. The van der Waals surface area contributed by atoms with Gasteiger partial charge in [-0.05, 0) is 53.9 Å². The van der Waals surface area contributed by atoms with Crippen LogP contribution in [0.4, 0.5) is 0 Å². The second-order valence-electron chi connectivity index (χ2n) is 9.41. The van der Waals surface area contributed by atoms with Crippen molar-refractivity contribution in [2.75, 3.05) is 6.54 Å². The minimum Gasteiger partial charge on any atom is -0.504 e. The van der Waals surface area contributed by atoms with Crippen LogP contribution >= 0.6 is 0 Å². The van der Waals surface area contributed by atoms with Crippen LogP contribution in [0.5, 0.6) is 17.4 Å². The highest BCUT2D eigenvalue weighted by atomic mass is 16.3. The highest BCUT2D eigenvalue weighted by Gasteiger charge is 2.27. The molecular weight excluding hydrogens is 502 g/mol. The van der Waals surface area contributed by atoms with Crippen LogP contribution in [0, 0.1) is 0 Å². The molecule has 39 heavy (non-hydrogen) atoms. The number of carbonyl (C=O) groups is 1. The number of phenols is 2. The van der Waals surface area contributed by atoms with E-state index in [1.54, 1.807) is 62.8 Å². The van der Waals surface area contributed by atoms with Gasteiger partial charge in [-0.15, -0.1) is 0 Å². The Morgan fingerprint density at radius 2 is 1.72 bits per heavy atom. The summed E-state index contributed by atoms with van der Waals surface area (Å²) in [6.45, 7) is 0.239. The van der Waals surface area contributed by atoms with E-state index in [1.807, 2.05) is 0 Å². The van der Waals surface area contributed by atoms with Gasteiger partial charge in [-0.1, -0.05) is 18.2 Å². The quantitative estimate of drug-likeness (QED) is 0.235. The lowest BCUT2D eigenvalue weighted by Crippen LogP contribution is -2.30. The third-order valence-corrected chi connectivity index (χ3v) is 6.96. The molecule has 5 rings (SSSR count). The molecule has 0 saturated heterocycles. The van der Waals surface area contributed by atoms with Crippen LogP contribution < -0.4 is 16.6 Å². The second kappa shape index (κ2) is 10.0. The average molecular weight is 530 g/mol. The van der Waals surface area contributed by atoms with E-state index in [-0.39, 0.29) is 47.3 Å². The zero-order valence-corrected chi connectivity index (χ0v) is 21.3. The molecule has 0 radical (unpaired) electrons. The summed E-state index contributed by atoms with van der Waals surface area (Å²) in [5.74, 6) is -2.18. The number of aromatic hydroxyl groups is 3. The standard InChI is InChI=1S/C28H27N5O6/c1-31-19-8-7-17(14-20(19)32(2)28(31)39)18(25-26(37)30-23-5-3-4-12-33(23)27(25)38)15-24(36)29-11-10-16-6-9-21(34)22(35)13-16/h3-9,12-14,18,34-35,37H,10-11,15H2,1-2H3,(H,29,36). The molecule has 3 aromatic heterocycles. The van der Waals surface area contributed by atoms with Crippen molar-refractivity contribution in [3.63, 3.8) is 0 Å². The van der Waals surface area contributed by atoms with Gasteiger partial charge in [0.15, 0.2) is 11.5 Å². The average Bonchev–Trinajstić information content (AvgIpc) is 3.13. The van der Waals surface area contributed by atoms with Crippen molar-refractivity contribution in [2.24, 2.45) is 14.1 Å². The van der Waals surface area contributed by atoms with Crippen LogP contribution in [0.15, 0.2) is 70.4 Å². The second-order valence-corrected chi connectivity index (χ2v) is 9.41. The van der Waals surface area contributed by atoms with E-state index >= 15 is 0 Å². The highest BCUT2D eigenvalue weighted by molar-refractivity contribution is 5.80. The minimum absolute atomic E-state index is 0.0300. The molecule has 4 N–H and O–H groups in total. The van der Waals surface area contributed by atoms with Gasteiger partial charge in [0.25, 0.3) is 5.56 Å². The van der Waals surface area contributed by atoms with Crippen molar-refractivity contribution in [3.05, 3.63) is 98.3 Å². The number of aromatic nitrogens is 4. The van der Waals surface area contributed by atoms with Crippen molar-refractivity contribution >= 4 is 22.6 Å². The number of pyridine rings is 1. The van der Waals surface area contributed by atoms with Crippen molar-refractivity contribution in [2.45, 2.75) is 18.8 Å². The number of aryl methyl sites for hydroxylation is 2. The third kappa shape index (κ3) is 4.70. The summed E-state index contributed by atoms with van der Waals surface area (Å²) in [5.41, 5.74) is 2.10. The molecule has 3 heterocycles. The van der Waals surface area contributed by atoms with Crippen LogP contribution in [0.2, 0.25) is 0 Å². The lowest BCUT2D eigenvalue weighted by Gasteiger charge is -2.19. The van der Waals surface area contributed by atoms with Gasteiger partial charge < -0.3 is 20.6 Å². The topological polar surface area (TPSA) is 151 Å². The first-order valence-corrected chi connectivity index (χ1v) is 12.3. The van der Waals surface area contributed by atoms with Gasteiger partial charge in [0.2, 0.25) is 11.8 Å². The number of imidazole rings is 1. The van der Waals surface area contributed by atoms with Gasteiger partial charge in [-0.3, -0.25) is 23.1 Å². The van der Waals surface area contributed by atoms with Gasteiger partial charge >= 0.3 is 5.69 Å². The number of carbonyl (C=O) groups excluding carboxylic acids is 1. The normalized spacial score (nSPS) is 12.2. The highest BCUT2D eigenvalue weighted by Crippen LogP contribution is 2.32. The Morgan fingerprint density at radius 3 is 2.49 bits per heavy atom. The first kappa shape index (κ1) is 25.6. The van der Waals surface area contributed by atoms with Gasteiger partial charge in [-0.25, -0.2) is 4.79 Å². The molecule has 0 saturated carbocycles. The predicted molar refractivity (Wildman–Crippen MR) is 144 cm³/mol. The Kier molecular flexibility index (Phi) is 6.57. The van der Waals surface area contributed by atoms with Crippen molar-refractivity contribution < 1.29 is 20.1 Å². The lowest BCUT2D eigenvalue weighted by atomic mass is 9.88. The fourth-order valence-electron chi connectivity index (χ4n) is 4.85. The molecule has 0 spiro atoms. The largest absolute Gasteiger partial charge is 0.504 e. The Hall–Kier alpha value is -5.06. The van der Waals surface area contributed by atoms with Gasteiger partial charge in [-0.2, -0.15) is 4.98 Å². The molecule has 5 aromatic rings. The maximum absolute atomic E-state index is 13.5. The molecule has 1 unspecified atom stereocenters. The number of amides is 1. The van der Waals surface area contributed by atoms with E-state index in [9.17, 15) is 29.7 Å². The van der Waals surface area contributed by atoms with Gasteiger partial charge in [0.05, 0.1) is 16.6 Å². The van der Waals surface area contributed by atoms with Gasteiger partial charge in [0, 0.05) is 39.2 Å². The molecule has 11 nitrogen and oxygen atoms in total. The molecule has 0 aliphatic carbocycles. The van der Waals surface area contributed by atoms with E-state index in [2.05, 4.69) is 10.3 Å². The number of nitrogens with one attached hydrogen (secondary N) is 1. The van der Waals surface area contributed by atoms with Crippen LogP contribution in [-0.4, -0.2) is 46.3 Å². The molecule has 0 aliphatic heterocycles. The number of phenolic OH excluding ortho intramolecular Hbond substituents is 2. The first-order valence-electron chi connectivity index (χ1n) is 12.3. The van der Waals surface area contributed by atoms with Crippen LogP contribution in [-0.2, 0) is 25.3 Å². The summed E-state index contributed by atoms with van der Waals surface area (Å²) >= 11 is 0. The van der Waals surface area contributed by atoms with Crippen molar-refractivity contribution in [3.8, 4) is 17.4 Å². The molecule has 0 bridgehead atoms. The number of hydrogen-bond acceptors (Lipinski definition) is 7.